The quantitative estimate of drug-likeness (QED) is 0.680. The van der Waals surface area contributed by atoms with E-state index in [4.69, 9.17) is 15.7 Å². The number of ether oxygens (including phenoxy) is 1. The summed E-state index contributed by atoms with van der Waals surface area (Å²) in [6.45, 7) is 6.08. The van der Waals surface area contributed by atoms with Crippen molar-refractivity contribution in [3.8, 4) is 6.07 Å². The molecule has 3 amide bonds. The van der Waals surface area contributed by atoms with Crippen LogP contribution in [0.1, 0.15) is 59.7 Å². The van der Waals surface area contributed by atoms with Gasteiger partial charge < -0.3 is 15.4 Å². The summed E-state index contributed by atoms with van der Waals surface area (Å²) in [6, 6.07) is 14.0. The van der Waals surface area contributed by atoms with Gasteiger partial charge in [-0.3, -0.25) is 9.69 Å². The van der Waals surface area contributed by atoms with Gasteiger partial charge in [-0.1, -0.05) is 18.2 Å². The second-order valence-electron chi connectivity index (χ2n) is 9.03. The number of methoxy groups -OCH3 is 1. The van der Waals surface area contributed by atoms with Crippen LogP contribution < -0.4 is 10.6 Å². The van der Waals surface area contributed by atoms with Crippen LogP contribution in [0.5, 0.6) is 0 Å². The number of nitriles is 1. The van der Waals surface area contributed by atoms with E-state index in [0.717, 1.165) is 12.8 Å². The summed E-state index contributed by atoms with van der Waals surface area (Å²) in [5, 5.41) is 8.98. The molecular formula is C26H30N4O4. The summed E-state index contributed by atoms with van der Waals surface area (Å²) < 4.78 is 4.86. The molecular weight excluding hydrogens is 432 g/mol. The van der Waals surface area contributed by atoms with Crippen molar-refractivity contribution in [2.45, 2.75) is 45.1 Å². The highest BCUT2D eigenvalue weighted by molar-refractivity contribution is 6.02. The van der Waals surface area contributed by atoms with E-state index in [1.165, 1.54) is 17.6 Å². The van der Waals surface area contributed by atoms with Crippen molar-refractivity contribution in [1.82, 2.24) is 4.90 Å². The van der Waals surface area contributed by atoms with Crippen molar-refractivity contribution in [2.75, 3.05) is 25.1 Å². The minimum Gasteiger partial charge on any atom is -0.467 e. The molecule has 1 heterocycles. The van der Waals surface area contributed by atoms with E-state index >= 15 is 0 Å². The zero-order chi connectivity index (χ0) is 25.0. The molecule has 0 aliphatic carbocycles. The second kappa shape index (κ2) is 9.96. The maximum Gasteiger partial charge on any atom is 0.331 e. The fraction of sp³-hybridized carbons (Fsp3) is 0.385. The van der Waals surface area contributed by atoms with Gasteiger partial charge in [-0.25, -0.2) is 9.59 Å². The predicted octanol–water partition coefficient (Wildman–Crippen LogP) is 3.72. The summed E-state index contributed by atoms with van der Waals surface area (Å²) in [5.41, 5.74) is 7.60. The predicted molar refractivity (Wildman–Crippen MR) is 128 cm³/mol. The molecule has 1 aliphatic heterocycles. The molecule has 3 rings (SSSR count). The van der Waals surface area contributed by atoms with Crippen LogP contribution >= 0.6 is 0 Å². The average molecular weight is 463 g/mol. The van der Waals surface area contributed by atoms with E-state index in [0.29, 0.717) is 41.4 Å². The molecule has 2 aromatic rings. The number of anilines is 1. The maximum atomic E-state index is 13.3. The Morgan fingerprint density at radius 1 is 1.12 bits per heavy atom. The smallest absolute Gasteiger partial charge is 0.331 e. The Bertz CT molecular complexity index is 1130. The monoisotopic (exact) mass is 462 g/mol. The van der Waals surface area contributed by atoms with Crippen LogP contribution in [0.3, 0.4) is 0 Å². The highest BCUT2D eigenvalue weighted by Crippen LogP contribution is 2.32. The van der Waals surface area contributed by atoms with E-state index in [1.54, 1.807) is 43.9 Å². The number of urea groups is 1. The number of carbonyl (C=O) groups excluding carboxylic acids is 3. The Labute approximate surface area is 199 Å². The second-order valence-corrected chi connectivity index (χ2v) is 9.03. The van der Waals surface area contributed by atoms with Gasteiger partial charge in [0.25, 0.3) is 5.91 Å². The molecule has 0 spiro atoms. The number of amides is 3. The molecule has 0 aromatic heterocycles. The summed E-state index contributed by atoms with van der Waals surface area (Å²) >= 11 is 0. The first-order valence-corrected chi connectivity index (χ1v) is 11.2. The fourth-order valence-corrected chi connectivity index (χ4v) is 4.45. The number of nitrogens with zero attached hydrogens (tertiary/aromatic N) is 3. The summed E-state index contributed by atoms with van der Waals surface area (Å²) in [7, 11) is 1.25. The fourth-order valence-electron chi connectivity index (χ4n) is 4.45. The third-order valence-corrected chi connectivity index (χ3v) is 6.45. The van der Waals surface area contributed by atoms with Gasteiger partial charge in [0, 0.05) is 18.7 Å². The number of rotatable bonds is 5. The lowest BCUT2D eigenvalue weighted by molar-refractivity contribution is -0.145. The third-order valence-electron chi connectivity index (χ3n) is 6.45. The number of hydrogen-bond donors (Lipinski definition) is 1. The van der Waals surface area contributed by atoms with Gasteiger partial charge in [-0.15, -0.1) is 0 Å². The molecule has 1 aliphatic rings. The van der Waals surface area contributed by atoms with Gasteiger partial charge in [0.15, 0.2) is 0 Å². The highest BCUT2D eigenvalue weighted by atomic mass is 16.5. The average Bonchev–Trinajstić information content (AvgIpc) is 2.84. The van der Waals surface area contributed by atoms with Crippen molar-refractivity contribution in [1.29, 1.82) is 5.26 Å². The topological polar surface area (TPSA) is 117 Å². The molecule has 0 atom stereocenters. The number of carbonyl (C=O) groups is 3. The van der Waals surface area contributed by atoms with Crippen LogP contribution in [0.25, 0.3) is 0 Å². The zero-order valence-corrected chi connectivity index (χ0v) is 20.0. The van der Waals surface area contributed by atoms with Gasteiger partial charge >= 0.3 is 12.0 Å². The molecule has 0 unspecified atom stereocenters. The molecule has 0 radical (unpaired) electrons. The number of primary amides is 1. The molecule has 8 nitrogen and oxygen atoms in total. The van der Waals surface area contributed by atoms with Crippen LogP contribution in [0.2, 0.25) is 0 Å². The summed E-state index contributed by atoms with van der Waals surface area (Å²) in [4.78, 5) is 40.9. The highest BCUT2D eigenvalue weighted by Gasteiger charge is 2.40. The number of nitrogens with two attached hydrogens (primary N) is 1. The Morgan fingerprint density at radius 2 is 1.74 bits per heavy atom. The van der Waals surface area contributed by atoms with Crippen LogP contribution in [0, 0.1) is 18.3 Å². The SMILES string of the molecule is COC(=O)C(C)(C)N(C(N)=O)c1cc(C(=O)N2CCC(c3ccc(C#N)cc3)CC2)ccc1C. The number of esters is 1. The number of hydrogen-bond acceptors (Lipinski definition) is 5. The van der Waals surface area contributed by atoms with Crippen molar-refractivity contribution in [3.63, 3.8) is 0 Å². The Hall–Kier alpha value is -3.86. The lowest BCUT2D eigenvalue weighted by atomic mass is 9.89. The molecule has 34 heavy (non-hydrogen) atoms. The molecule has 2 aromatic carbocycles. The normalized spacial score (nSPS) is 14.3. The number of piperidine rings is 1. The molecule has 0 saturated carbocycles. The molecule has 1 saturated heterocycles. The van der Waals surface area contributed by atoms with Gasteiger partial charge in [0.1, 0.15) is 5.54 Å². The Balaban J connectivity index is 1.80. The van der Waals surface area contributed by atoms with Crippen LogP contribution in [-0.2, 0) is 9.53 Å². The summed E-state index contributed by atoms with van der Waals surface area (Å²) in [5.74, 6) is -0.427. The van der Waals surface area contributed by atoms with Crippen molar-refractivity contribution in [3.05, 3.63) is 64.7 Å². The first kappa shape index (κ1) is 24.8. The van der Waals surface area contributed by atoms with E-state index in [9.17, 15) is 14.4 Å². The first-order valence-electron chi connectivity index (χ1n) is 11.2. The van der Waals surface area contributed by atoms with Gasteiger partial charge in [0.2, 0.25) is 0 Å². The van der Waals surface area contributed by atoms with E-state index < -0.39 is 17.5 Å². The minimum absolute atomic E-state index is 0.139. The van der Waals surface area contributed by atoms with E-state index in [2.05, 4.69) is 6.07 Å². The van der Waals surface area contributed by atoms with Crippen LogP contribution in [0.15, 0.2) is 42.5 Å². The largest absolute Gasteiger partial charge is 0.467 e. The van der Waals surface area contributed by atoms with Crippen molar-refractivity contribution in [2.24, 2.45) is 5.73 Å². The number of benzene rings is 2. The lowest BCUT2D eigenvalue weighted by Crippen LogP contribution is -2.56. The van der Waals surface area contributed by atoms with Crippen molar-refractivity contribution < 1.29 is 19.1 Å². The lowest BCUT2D eigenvalue weighted by Gasteiger charge is -2.36. The zero-order valence-electron chi connectivity index (χ0n) is 20.0. The van der Waals surface area contributed by atoms with Gasteiger partial charge in [-0.2, -0.15) is 5.26 Å². The number of likely N-dealkylation sites (tertiary alicyclic amines) is 1. The molecule has 8 heteroatoms. The molecule has 0 bridgehead atoms. The first-order chi connectivity index (χ1) is 16.1. The van der Waals surface area contributed by atoms with Crippen molar-refractivity contribution >= 4 is 23.6 Å². The van der Waals surface area contributed by atoms with Crippen LogP contribution in [-0.4, -0.2) is 48.5 Å². The summed E-state index contributed by atoms with van der Waals surface area (Å²) in [6.07, 6.45) is 1.64. The molecule has 1 fully saturated rings. The number of aryl methyl sites for hydroxylation is 1. The van der Waals surface area contributed by atoms with E-state index in [-0.39, 0.29) is 5.91 Å². The Kier molecular flexibility index (Phi) is 7.26. The minimum atomic E-state index is -1.35. The van der Waals surface area contributed by atoms with Crippen LogP contribution in [0.4, 0.5) is 10.5 Å². The molecule has 178 valence electrons. The maximum absolute atomic E-state index is 13.3. The standard InChI is InChI=1S/C26H30N4O4/c1-17-5-8-21(15-22(17)30(25(28)33)26(2,3)24(32)34-4)23(31)29-13-11-20(12-14-29)19-9-6-18(16-27)7-10-19/h5-10,15,20H,11-14H2,1-4H3,(H2,28,33). The molecule has 2 N–H and O–H groups in total. The van der Waals surface area contributed by atoms with E-state index in [1.807, 2.05) is 24.3 Å². The third kappa shape index (κ3) is 4.88. The van der Waals surface area contributed by atoms with Gasteiger partial charge in [0.05, 0.1) is 24.4 Å². The Morgan fingerprint density at radius 3 is 2.26 bits per heavy atom. The van der Waals surface area contributed by atoms with Gasteiger partial charge in [-0.05, 0) is 74.9 Å².